The van der Waals surface area contributed by atoms with Crippen molar-refractivity contribution in [2.45, 2.75) is 6.10 Å². The number of halogens is 1. The van der Waals surface area contributed by atoms with Gasteiger partial charge in [0.2, 0.25) is 0 Å². The molecule has 1 unspecified atom stereocenters. The largest absolute Gasteiger partial charge is 0.507 e. The van der Waals surface area contributed by atoms with Crippen LogP contribution in [0.3, 0.4) is 0 Å². The zero-order valence-corrected chi connectivity index (χ0v) is 10.1. The van der Waals surface area contributed by atoms with E-state index in [1.54, 1.807) is 0 Å². The minimum Gasteiger partial charge on any atom is -0.507 e. The third-order valence-corrected chi connectivity index (χ3v) is 2.30. The van der Waals surface area contributed by atoms with E-state index in [1.807, 2.05) is 0 Å². The molecule has 0 aliphatic rings. The zero-order chi connectivity index (χ0) is 12.8. The van der Waals surface area contributed by atoms with E-state index >= 15 is 0 Å². The smallest absolute Gasteiger partial charge is 0.255 e. The van der Waals surface area contributed by atoms with Gasteiger partial charge >= 0.3 is 0 Å². The van der Waals surface area contributed by atoms with Crippen molar-refractivity contribution in [3.8, 4) is 5.75 Å². The van der Waals surface area contributed by atoms with Crippen LogP contribution >= 0.6 is 11.6 Å². The van der Waals surface area contributed by atoms with Crippen LogP contribution in [0.2, 0.25) is 5.02 Å². The lowest BCUT2D eigenvalue weighted by molar-refractivity contribution is 0.0609. The molecule has 0 heterocycles. The van der Waals surface area contributed by atoms with Gasteiger partial charge in [-0.2, -0.15) is 0 Å². The SMILES string of the molecule is COCC(O)CNC(=O)c1ccc(Cl)cc1O. The van der Waals surface area contributed by atoms with Crippen molar-refractivity contribution in [3.05, 3.63) is 28.8 Å². The Morgan fingerprint density at radius 2 is 2.29 bits per heavy atom. The van der Waals surface area contributed by atoms with Gasteiger partial charge in [0.1, 0.15) is 5.75 Å². The van der Waals surface area contributed by atoms with Crippen molar-refractivity contribution in [2.24, 2.45) is 0 Å². The minimum atomic E-state index is -0.779. The van der Waals surface area contributed by atoms with Crippen LogP contribution in [0.5, 0.6) is 5.75 Å². The number of hydrogen-bond donors (Lipinski definition) is 3. The molecule has 3 N–H and O–H groups in total. The number of ether oxygens (including phenoxy) is 1. The summed E-state index contributed by atoms with van der Waals surface area (Å²) in [7, 11) is 1.45. The highest BCUT2D eigenvalue weighted by molar-refractivity contribution is 6.30. The topological polar surface area (TPSA) is 78.8 Å². The summed E-state index contributed by atoms with van der Waals surface area (Å²) in [5.74, 6) is -0.675. The Morgan fingerprint density at radius 1 is 1.59 bits per heavy atom. The molecule has 94 valence electrons. The van der Waals surface area contributed by atoms with Crippen LogP contribution in [-0.4, -0.2) is 42.5 Å². The molecule has 0 spiro atoms. The average Bonchev–Trinajstić information content (AvgIpc) is 2.26. The number of rotatable bonds is 5. The number of aliphatic hydroxyl groups is 1. The maximum atomic E-state index is 11.6. The molecule has 0 saturated carbocycles. The Kier molecular flexibility index (Phi) is 5.21. The first-order chi connectivity index (χ1) is 8.04. The number of benzene rings is 1. The number of methoxy groups -OCH3 is 1. The Bertz CT molecular complexity index is 397. The first kappa shape index (κ1) is 13.8. The molecule has 0 bridgehead atoms. The van der Waals surface area contributed by atoms with Crippen LogP contribution in [0, 0.1) is 0 Å². The highest BCUT2D eigenvalue weighted by Gasteiger charge is 2.12. The van der Waals surface area contributed by atoms with Crippen molar-refractivity contribution in [2.75, 3.05) is 20.3 Å². The van der Waals surface area contributed by atoms with Crippen LogP contribution in [0.25, 0.3) is 0 Å². The van der Waals surface area contributed by atoms with E-state index in [0.717, 1.165) is 0 Å². The van der Waals surface area contributed by atoms with Crippen LogP contribution in [0.15, 0.2) is 18.2 Å². The highest BCUT2D eigenvalue weighted by atomic mass is 35.5. The summed E-state index contributed by atoms with van der Waals surface area (Å²) < 4.78 is 4.71. The van der Waals surface area contributed by atoms with E-state index in [2.05, 4.69) is 5.32 Å². The average molecular weight is 260 g/mol. The summed E-state index contributed by atoms with van der Waals surface area (Å²) in [6.45, 7) is 0.182. The third kappa shape index (κ3) is 4.22. The van der Waals surface area contributed by atoms with Gasteiger partial charge in [-0.15, -0.1) is 0 Å². The number of carbonyl (C=O) groups excluding carboxylic acids is 1. The minimum absolute atomic E-state index is 0.0503. The molecule has 1 rings (SSSR count). The summed E-state index contributed by atoms with van der Waals surface area (Å²) in [6, 6.07) is 4.19. The van der Waals surface area contributed by atoms with Crippen molar-refractivity contribution < 1.29 is 19.7 Å². The van der Waals surface area contributed by atoms with Crippen molar-refractivity contribution in [1.29, 1.82) is 0 Å². The fourth-order valence-electron chi connectivity index (χ4n) is 1.25. The van der Waals surface area contributed by atoms with Gasteiger partial charge in [0.25, 0.3) is 5.91 Å². The molecule has 0 fully saturated rings. The second-order valence-corrected chi connectivity index (χ2v) is 3.92. The molecule has 5 nitrogen and oxygen atoms in total. The molecule has 0 saturated heterocycles. The number of phenols is 1. The zero-order valence-electron chi connectivity index (χ0n) is 9.31. The molecule has 17 heavy (non-hydrogen) atoms. The molecule has 1 amide bonds. The molecule has 1 atom stereocenters. The number of aliphatic hydroxyl groups excluding tert-OH is 1. The lowest BCUT2D eigenvalue weighted by Gasteiger charge is -2.11. The van der Waals surface area contributed by atoms with Gasteiger partial charge in [-0.05, 0) is 18.2 Å². The molecule has 6 heteroatoms. The molecule has 1 aromatic carbocycles. The number of carbonyl (C=O) groups is 1. The van der Waals surface area contributed by atoms with Crippen LogP contribution in [-0.2, 0) is 4.74 Å². The number of hydrogen-bond acceptors (Lipinski definition) is 4. The first-order valence-electron chi connectivity index (χ1n) is 4.98. The summed E-state index contributed by atoms with van der Waals surface area (Å²) in [5, 5.41) is 21.7. The van der Waals surface area contributed by atoms with E-state index in [9.17, 15) is 15.0 Å². The van der Waals surface area contributed by atoms with Crippen molar-refractivity contribution in [1.82, 2.24) is 5.32 Å². The quantitative estimate of drug-likeness (QED) is 0.730. The molecule has 0 aliphatic carbocycles. The predicted molar refractivity (Wildman–Crippen MR) is 63.3 cm³/mol. The van der Waals surface area contributed by atoms with Crippen LogP contribution < -0.4 is 5.32 Å². The molecular weight excluding hydrogens is 246 g/mol. The lowest BCUT2D eigenvalue weighted by Crippen LogP contribution is -2.34. The van der Waals surface area contributed by atoms with Gasteiger partial charge < -0.3 is 20.3 Å². The fourth-order valence-corrected chi connectivity index (χ4v) is 1.42. The maximum absolute atomic E-state index is 11.6. The lowest BCUT2D eigenvalue weighted by atomic mass is 10.2. The Labute approximate surface area is 104 Å². The van der Waals surface area contributed by atoms with Crippen molar-refractivity contribution in [3.63, 3.8) is 0 Å². The standard InChI is InChI=1S/C11H14ClNO4/c1-17-6-8(14)5-13-11(16)9-3-2-7(12)4-10(9)15/h2-4,8,14-15H,5-6H2,1H3,(H,13,16). The van der Waals surface area contributed by atoms with Gasteiger partial charge in [0, 0.05) is 18.7 Å². The third-order valence-electron chi connectivity index (χ3n) is 2.06. The molecular formula is C11H14ClNO4. The monoisotopic (exact) mass is 259 g/mol. The number of phenolic OH excluding ortho intramolecular Hbond substituents is 1. The van der Waals surface area contributed by atoms with Gasteiger partial charge in [-0.1, -0.05) is 11.6 Å². The highest BCUT2D eigenvalue weighted by Crippen LogP contribution is 2.21. The van der Waals surface area contributed by atoms with E-state index in [0.29, 0.717) is 5.02 Å². The summed E-state index contributed by atoms with van der Waals surface area (Å²) in [4.78, 5) is 11.6. The first-order valence-corrected chi connectivity index (χ1v) is 5.36. The normalized spacial score (nSPS) is 12.2. The van der Waals surface area contributed by atoms with Gasteiger partial charge in [-0.3, -0.25) is 4.79 Å². The second kappa shape index (κ2) is 6.44. The van der Waals surface area contributed by atoms with E-state index in [1.165, 1.54) is 25.3 Å². The van der Waals surface area contributed by atoms with Crippen molar-refractivity contribution >= 4 is 17.5 Å². The summed E-state index contributed by atoms with van der Waals surface area (Å²) in [5.41, 5.74) is 0.110. The second-order valence-electron chi connectivity index (χ2n) is 3.48. The van der Waals surface area contributed by atoms with E-state index < -0.39 is 12.0 Å². The number of amides is 1. The van der Waals surface area contributed by atoms with Crippen LogP contribution in [0.4, 0.5) is 0 Å². The van der Waals surface area contributed by atoms with E-state index in [-0.39, 0.29) is 24.5 Å². The summed E-state index contributed by atoms with van der Waals surface area (Å²) in [6.07, 6.45) is -0.779. The Hall–Kier alpha value is -1.30. The molecule has 0 aliphatic heterocycles. The van der Waals surface area contributed by atoms with Gasteiger partial charge in [0.15, 0.2) is 0 Å². The van der Waals surface area contributed by atoms with Crippen LogP contribution in [0.1, 0.15) is 10.4 Å². The Morgan fingerprint density at radius 3 is 2.88 bits per heavy atom. The molecule has 0 aromatic heterocycles. The fraction of sp³-hybridized carbons (Fsp3) is 0.364. The predicted octanol–water partition coefficient (Wildman–Crippen LogP) is 0.783. The number of nitrogens with one attached hydrogen (secondary N) is 1. The Balaban J connectivity index is 2.58. The van der Waals surface area contributed by atoms with E-state index in [4.69, 9.17) is 16.3 Å². The van der Waals surface area contributed by atoms with Gasteiger partial charge in [0.05, 0.1) is 18.3 Å². The molecule has 1 aromatic rings. The van der Waals surface area contributed by atoms with Gasteiger partial charge in [-0.25, -0.2) is 0 Å². The maximum Gasteiger partial charge on any atom is 0.255 e. The summed E-state index contributed by atoms with van der Waals surface area (Å²) >= 11 is 5.64. The molecule has 0 radical (unpaired) electrons. The number of aromatic hydroxyl groups is 1.